The highest BCUT2D eigenvalue weighted by molar-refractivity contribution is 7.10. The Hall–Kier alpha value is -3.49. The first-order chi connectivity index (χ1) is 15.9. The zero-order chi connectivity index (χ0) is 23.7. The molecule has 7 nitrogen and oxygen atoms in total. The molecule has 4 rings (SSSR count). The Morgan fingerprint density at radius 2 is 1.67 bits per heavy atom. The van der Waals surface area contributed by atoms with Crippen LogP contribution in [0.1, 0.15) is 16.5 Å². The summed E-state index contributed by atoms with van der Waals surface area (Å²) in [6.45, 7) is 0. The van der Waals surface area contributed by atoms with Crippen LogP contribution in [0.3, 0.4) is 0 Å². The molecule has 1 N–H and O–H groups in total. The summed E-state index contributed by atoms with van der Waals surface area (Å²) in [5.74, 6) is -1.06. The topological polar surface area (TPSA) is 85.3 Å². The summed E-state index contributed by atoms with van der Waals surface area (Å²) in [6.07, 6.45) is 0. The van der Waals surface area contributed by atoms with E-state index in [0.717, 1.165) is 0 Å². The number of aliphatic hydroxyl groups is 1. The van der Waals surface area contributed by atoms with Crippen LogP contribution in [0.25, 0.3) is 5.76 Å². The van der Waals surface area contributed by atoms with E-state index in [2.05, 4.69) is 0 Å². The molecule has 0 spiro atoms. The Morgan fingerprint density at radius 3 is 2.30 bits per heavy atom. The molecule has 1 aliphatic rings. The second-order valence-corrected chi connectivity index (χ2v) is 8.43. The number of carbonyl (C=O) groups is 2. The number of methoxy groups -OCH3 is 3. The zero-order valence-electron chi connectivity index (χ0n) is 18.0. The van der Waals surface area contributed by atoms with E-state index in [9.17, 15) is 14.7 Å². The summed E-state index contributed by atoms with van der Waals surface area (Å²) in [7, 11) is 4.34. The second-order valence-electron chi connectivity index (χ2n) is 7.04. The Labute approximate surface area is 199 Å². The smallest absolute Gasteiger partial charge is 0.300 e. The van der Waals surface area contributed by atoms with E-state index in [1.807, 2.05) is 11.4 Å². The monoisotopic (exact) mass is 485 g/mol. The summed E-state index contributed by atoms with van der Waals surface area (Å²) in [4.78, 5) is 28.6. The van der Waals surface area contributed by atoms with Crippen LogP contribution in [0, 0.1) is 0 Å². The lowest BCUT2D eigenvalue weighted by atomic mass is 9.99. The van der Waals surface area contributed by atoms with Crippen molar-refractivity contribution < 1.29 is 28.9 Å². The molecule has 0 saturated carbocycles. The van der Waals surface area contributed by atoms with Crippen molar-refractivity contribution in [2.45, 2.75) is 6.04 Å². The summed E-state index contributed by atoms with van der Waals surface area (Å²) in [6, 6.07) is 12.6. The van der Waals surface area contributed by atoms with Crippen LogP contribution in [-0.4, -0.2) is 38.1 Å². The van der Waals surface area contributed by atoms with Crippen LogP contribution in [0.15, 0.2) is 59.5 Å². The Morgan fingerprint density at radius 1 is 0.970 bits per heavy atom. The van der Waals surface area contributed by atoms with Gasteiger partial charge in [-0.2, -0.15) is 0 Å². The molecule has 170 valence electrons. The number of amides is 1. The molecule has 1 fully saturated rings. The minimum atomic E-state index is -0.868. The number of anilines is 1. The molecule has 33 heavy (non-hydrogen) atoms. The van der Waals surface area contributed by atoms with Crippen LogP contribution < -0.4 is 19.1 Å². The number of hydrogen-bond acceptors (Lipinski definition) is 7. The van der Waals surface area contributed by atoms with Gasteiger partial charge >= 0.3 is 0 Å². The van der Waals surface area contributed by atoms with Crippen molar-refractivity contribution in [3.63, 3.8) is 0 Å². The fraction of sp³-hybridized carbons (Fsp3) is 0.167. The standard InChI is InChI=1S/C24H20ClNO6S/c1-30-16-8-5-4-7-15(16)26-21(19-9-6-10-33-19)20(23(28)24(26)29)22(27)13-11-18(32-3)14(25)12-17(13)31-2/h4-12,21,27H,1-3H3/b22-20+. The van der Waals surface area contributed by atoms with Gasteiger partial charge in [-0.25, -0.2) is 0 Å². The van der Waals surface area contributed by atoms with Crippen molar-refractivity contribution in [2.24, 2.45) is 0 Å². The zero-order valence-corrected chi connectivity index (χ0v) is 19.6. The van der Waals surface area contributed by atoms with Crippen molar-refractivity contribution in [1.29, 1.82) is 0 Å². The minimum Gasteiger partial charge on any atom is -0.507 e. The number of ketones is 1. The van der Waals surface area contributed by atoms with E-state index < -0.39 is 23.5 Å². The maximum absolute atomic E-state index is 13.3. The lowest BCUT2D eigenvalue weighted by Gasteiger charge is -2.25. The van der Waals surface area contributed by atoms with Crippen molar-refractivity contribution in [1.82, 2.24) is 0 Å². The SMILES string of the molecule is COc1cc(/C(O)=C2\C(=O)C(=O)N(c3ccccc3OC)C2c2cccs2)c(OC)cc1Cl. The Kier molecular flexibility index (Phi) is 6.31. The number of para-hydroxylation sites is 2. The highest BCUT2D eigenvalue weighted by atomic mass is 35.5. The normalized spacial score (nSPS) is 17.3. The van der Waals surface area contributed by atoms with Crippen LogP contribution in [0.4, 0.5) is 5.69 Å². The van der Waals surface area contributed by atoms with E-state index in [1.165, 1.54) is 49.7 Å². The largest absolute Gasteiger partial charge is 0.507 e. The molecule has 3 aromatic rings. The fourth-order valence-electron chi connectivity index (χ4n) is 3.82. The lowest BCUT2D eigenvalue weighted by Crippen LogP contribution is -2.29. The molecule has 0 radical (unpaired) electrons. The molecular weight excluding hydrogens is 466 g/mol. The van der Waals surface area contributed by atoms with E-state index in [4.69, 9.17) is 25.8 Å². The number of benzene rings is 2. The molecule has 1 saturated heterocycles. The number of rotatable bonds is 6. The molecule has 1 atom stereocenters. The van der Waals surface area contributed by atoms with E-state index in [0.29, 0.717) is 16.3 Å². The summed E-state index contributed by atoms with van der Waals surface area (Å²) >= 11 is 7.56. The van der Waals surface area contributed by atoms with E-state index >= 15 is 0 Å². The van der Waals surface area contributed by atoms with E-state index in [1.54, 1.807) is 30.3 Å². The average Bonchev–Trinajstić information content (AvgIpc) is 3.45. The Balaban J connectivity index is 1.99. The van der Waals surface area contributed by atoms with Gasteiger partial charge in [-0.05, 0) is 29.6 Å². The number of carbonyl (C=O) groups excluding carboxylic acids is 2. The van der Waals surface area contributed by atoms with Gasteiger partial charge in [0.25, 0.3) is 11.7 Å². The summed E-state index contributed by atoms with van der Waals surface area (Å²) in [5, 5.41) is 13.5. The third kappa shape index (κ3) is 3.81. The maximum Gasteiger partial charge on any atom is 0.300 e. The van der Waals surface area contributed by atoms with Gasteiger partial charge < -0.3 is 19.3 Å². The van der Waals surface area contributed by atoms with Crippen LogP contribution in [0.5, 0.6) is 17.2 Å². The molecule has 0 bridgehead atoms. The number of Topliss-reactive ketones (excluding diaryl/α,β-unsaturated/α-hetero) is 1. The minimum absolute atomic E-state index is 0.0731. The molecule has 1 unspecified atom stereocenters. The molecule has 1 aliphatic heterocycles. The van der Waals surface area contributed by atoms with Gasteiger partial charge in [0.15, 0.2) is 0 Å². The van der Waals surface area contributed by atoms with Gasteiger partial charge in [0.1, 0.15) is 29.0 Å². The van der Waals surface area contributed by atoms with Crippen molar-refractivity contribution in [2.75, 3.05) is 26.2 Å². The van der Waals surface area contributed by atoms with Gasteiger partial charge in [0.2, 0.25) is 0 Å². The molecule has 2 heterocycles. The number of aliphatic hydroxyl groups excluding tert-OH is 1. The van der Waals surface area contributed by atoms with Gasteiger partial charge in [0, 0.05) is 10.9 Å². The number of thiophene rings is 1. The van der Waals surface area contributed by atoms with Gasteiger partial charge in [-0.1, -0.05) is 29.8 Å². The number of ether oxygens (including phenoxy) is 3. The molecule has 2 aromatic carbocycles. The van der Waals surface area contributed by atoms with Crippen LogP contribution in [-0.2, 0) is 9.59 Å². The van der Waals surface area contributed by atoms with Gasteiger partial charge in [0.05, 0.1) is 43.2 Å². The number of nitrogens with zero attached hydrogens (tertiary/aromatic N) is 1. The second kappa shape index (κ2) is 9.17. The van der Waals surface area contributed by atoms with Crippen molar-refractivity contribution in [3.8, 4) is 17.2 Å². The fourth-order valence-corrected chi connectivity index (χ4v) is 4.87. The molecule has 9 heteroatoms. The first-order valence-electron chi connectivity index (χ1n) is 9.82. The Bertz CT molecular complexity index is 1250. The molecule has 1 amide bonds. The van der Waals surface area contributed by atoms with Gasteiger partial charge in [-0.15, -0.1) is 11.3 Å². The summed E-state index contributed by atoms with van der Waals surface area (Å²) in [5.41, 5.74) is 0.523. The maximum atomic E-state index is 13.3. The first kappa shape index (κ1) is 22.7. The lowest BCUT2D eigenvalue weighted by molar-refractivity contribution is -0.132. The average molecular weight is 486 g/mol. The van der Waals surface area contributed by atoms with Crippen molar-refractivity contribution in [3.05, 3.63) is 74.9 Å². The number of halogens is 1. The van der Waals surface area contributed by atoms with Crippen LogP contribution in [0.2, 0.25) is 5.02 Å². The number of hydrogen-bond donors (Lipinski definition) is 1. The predicted molar refractivity (Wildman–Crippen MR) is 127 cm³/mol. The molecular formula is C24H20ClNO6S. The highest BCUT2D eigenvalue weighted by Crippen LogP contribution is 2.47. The quantitative estimate of drug-likeness (QED) is 0.298. The van der Waals surface area contributed by atoms with Gasteiger partial charge in [-0.3, -0.25) is 14.5 Å². The molecule has 0 aliphatic carbocycles. The highest BCUT2D eigenvalue weighted by Gasteiger charge is 2.48. The predicted octanol–water partition coefficient (Wildman–Crippen LogP) is 5.05. The first-order valence-corrected chi connectivity index (χ1v) is 11.1. The van der Waals surface area contributed by atoms with Crippen LogP contribution >= 0.6 is 22.9 Å². The third-order valence-corrected chi connectivity index (χ3v) is 6.55. The summed E-state index contributed by atoms with van der Waals surface area (Å²) < 4.78 is 16.1. The third-order valence-electron chi connectivity index (χ3n) is 5.33. The van der Waals surface area contributed by atoms with Crippen molar-refractivity contribution >= 4 is 46.1 Å². The molecule has 1 aromatic heterocycles. The van der Waals surface area contributed by atoms with E-state index in [-0.39, 0.29) is 27.7 Å².